The minimum absolute atomic E-state index is 0.497. The number of aromatic nitrogens is 3. The lowest BCUT2D eigenvalue weighted by Gasteiger charge is -2.17. The van der Waals surface area contributed by atoms with Crippen LogP contribution in [-0.2, 0) is 6.54 Å². The zero-order chi connectivity index (χ0) is 13.1. The van der Waals surface area contributed by atoms with Gasteiger partial charge in [0.1, 0.15) is 10.7 Å². The second kappa shape index (κ2) is 5.94. The molecule has 0 saturated carbocycles. The molecule has 3 rings (SSSR count). The van der Waals surface area contributed by atoms with Gasteiger partial charge in [0, 0.05) is 5.38 Å². The first kappa shape index (κ1) is 13.0. The summed E-state index contributed by atoms with van der Waals surface area (Å²) in [6, 6.07) is 0. The van der Waals surface area contributed by atoms with Crippen LogP contribution in [0.4, 0.5) is 5.13 Å². The molecule has 19 heavy (non-hydrogen) atoms. The number of hydrogen-bond donors (Lipinski definition) is 1. The predicted octanol–water partition coefficient (Wildman–Crippen LogP) is 2.62. The van der Waals surface area contributed by atoms with E-state index < -0.39 is 0 Å². The maximum atomic E-state index is 5.60. The van der Waals surface area contributed by atoms with E-state index >= 15 is 0 Å². The second-order valence-corrected chi connectivity index (χ2v) is 6.71. The number of hydrogen-bond acceptors (Lipinski definition) is 7. The van der Waals surface area contributed by atoms with Gasteiger partial charge in [-0.1, -0.05) is 24.2 Å². The van der Waals surface area contributed by atoms with Crippen LogP contribution in [0.3, 0.4) is 0 Å². The number of likely N-dealkylation sites (tertiary alicyclic amines) is 1. The van der Waals surface area contributed by atoms with Crippen LogP contribution in [0.15, 0.2) is 5.38 Å². The summed E-state index contributed by atoms with van der Waals surface area (Å²) in [5.74, 6) is 0. The molecule has 7 heteroatoms. The van der Waals surface area contributed by atoms with Gasteiger partial charge in [-0.05, 0) is 25.9 Å². The van der Waals surface area contributed by atoms with E-state index in [9.17, 15) is 0 Å². The van der Waals surface area contributed by atoms with E-state index in [1.54, 1.807) is 11.3 Å². The maximum absolute atomic E-state index is 5.60. The summed E-state index contributed by atoms with van der Waals surface area (Å²) in [6.07, 6.45) is 5.35. The molecular formula is C12H17N5S2. The van der Waals surface area contributed by atoms with Crippen molar-refractivity contribution in [2.75, 3.05) is 18.8 Å². The molecule has 0 aliphatic carbocycles. The largest absolute Gasteiger partial charge is 0.374 e. The minimum Gasteiger partial charge on any atom is -0.374 e. The molecular weight excluding hydrogens is 278 g/mol. The summed E-state index contributed by atoms with van der Waals surface area (Å²) < 4.78 is 0. The van der Waals surface area contributed by atoms with Crippen molar-refractivity contribution in [3.8, 4) is 10.7 Å². The first-order chi connectivity index (χ1) is 9.31. The van der Waals surface area contributed by atoms with Crippen LogP contribution in [0.2, 0.25) is 0 Å². The fourth-order valence-corrected chi connectivity index (χ4v) is 3.77. The van der Waals surface area contributed by atoms with Crippen molar-refractivity contribution in [3.05, 3.63) is 10.4 Å². The Balaban J connectivity index is 1.67. The van der Waals surface area contributed by atoms with Crippen molar-refractivity contribution in [1.29, 1.82) is 0 Å². The Morgan fingerprint density at radius 2 is 1.95 bits per heavy atom. The SMILES string of the molecule is Nc1nnc(-c2csc(CN3CCCCCC3)n2)s1. The highest BCUT2D eigenvalue weighted by Gasteiger charge is 2.13. The molecule has 1 aliphatic rings. The Hall–Kier alpha value is -1.05. The van der Waals surface area contributed by atoms with Gasteiger partial charge in [-0.2, -0.15) is 0 Å². The van der Waals surface area contributed by atoms with E-state index in [0.717, 1.165) is 22.3 Å². The zero-order valence-electron chi connectivity index (χ0n) is 10.7. The quantitative estimate of drug-likeness (QED) is 0.942. The summed E-state index contributed by atoms with van der Waals surface area (Å²) >= 11 is 3.09. The van der Waals surface area contributed by atoms with Gasteiger partial charge in [-0.3, -0.25) is 4.90 Å². The molecule has 1 aliphatic heterocycles. The van der Waals surface area contributed by atoms with Crippen LogP contribution in [0.25, 0.3) is 10.7 Å². The van der Waals surface area contributed by atoms with Crippen molar-refractivity contribution in [2.24, 2.45) is 0 Å². The Morgan fingerprint density at radius 3 is 2.63 bits per heavy atom. The van der Waals surface area contributed by atoms with E-state index in [2.05, 4.69) is 20.1 Å². The number of thiazole rings is 1. The molecule has 0 bridgehead atoms. The first-order valence-corrected chi connectivity index (χ1v) is 8.27. The highest BCUT2D eigenvalue weighted by atomic mass is 32.1. The summed E-state index contributed by atoms with van der Waals surface area (Å²) in [5.41, 5.74) is 6.51. The molecule has 0 atom stereocenters. The van der Waals surface area contributed by atoms with Gasteiger partial charge in [-0.25, -0.2) is 4.98 Å². The predicted molar refractivity (Wildman–Crippen MR) is 79.2 cm³/mol. The number of nitrogens with two attached hydrogens (primary N) is 1. The molecule has 102 valence electrons. The van der Waals surface area contributed by atoms with Gasteiger partial charge in [0.2, 0.25) is 5.13 Å². The molecule has 0 amide bonds. The highest BCUT2D eigenvalue weighted by molar-refractivity contribution is 7.18. The Morgan fingerprint density at radius 1 is 1.16 bits per heavy atom. The number of rotatable bonds is 3. The van der Waals surface area contributed by atoms with Gasteiger partial charge in [-0.15, -0.1) is 21.5 Å². The van der Waals surface area contributed by atoms with Gasteiger partial charge in [0.15, 0.2) is 5.01 Å². The van der Waals surface area contributed by atoms with Gasteiger partial charge < -0.3 is 5.73 Å². The summed E-state index contributed by atoms with van der Waals surface area (Å²) in [5, 5.41) is 12.4. The molecule has 1 saturated heterocycles. The third-order valence-electron chi connectivity index (χ3n) is 3.27. The van der Waals surface area contributed by atoms with Crippen LogP contribution in [0.1, 0.15) is 30.7 Å². The van der Waals surface area contributed by atoms with Crippen molar-refractivity contribution in [2.45, 2.75) is 32.2 Å². The van der Waals surface area contributed by atoms with Crippen LogP contribution in [-0.4, -0.2) is 33.2 Å². The van der Waals surface area contributed by atoms with Crippen molar-refractivity contribution < 1.29 is 0 Å². The fourth-order valence-electron chi connectivity index (χ4n) is 2.31. The summed E-state index contributed by atoms with van der Waals surface area (Å²) in [7, 11) is 0. The Bertz CT molecular complexity index is 528. The Labute approximate surface area is 120 Å². The molecule has 2 aromatic rings. The van der Waals surface area contributed by atoms with E-state index in [1.807, 2.05) is 5.38 Å². The standard InChI is InChI=1S/C12H17N5S2/c13-12-16-15-11(19-12)9-8-18-10(14-9)7-17-5-3-1-2-4-6-17/h8H,1-7H2,(H2,13,16). The smallest absolute Gasteiger partial charge is 0.203 e. The van der Waals surface area contributed by atoms with E-state index in [4.69, 9.17) is 5.73 Å². The molecule has 0 spiro atoms. The molecule has 2 N–H and O–H groups in total. The molecule has 0 radical (unpaired) electrons. The Kier molecular flexibility index (Phi) is 4.05. The van der Waals surface area contributed by atoms with Crippen LogP contribution in [0, 0.1) is 0 Å². The van der Waals surface area contributed by atoms with E-state index in [0.29, 0.717) is 5.13 Å². The number of nitrogens with zero attached hydrogens (tertiary/aromatic N) is 4. The van der Waals surface area contributed by atoms with Crippen molar-refractivity contribution >= 4 is 27.8 Å². The highest BCUT2D eigenvalue weighted by Crippen LogP contribution is 2.26. The third kappa shape index (κ3) is 3.29. The number of nitrogen functional groups attached to an aromatic ring is 1. The molecule has 0 unspecified atom stereocenters. The maximum Gasteiger partial charge on any atom is 0.203 e. The normalized spacial score (nSPS) is 17.5. The lowest BCUT2D eigenvalue weighted by atomic mass is 10.2. The molecule has 2 aromatic heterocycles. The van der Waals surface area contributed by atoms with E-state index in [-0.39, 0.29) is 0 Å². The van der Waals surface area contributed by atoms with Crippen LogP contribution in [0.5, 0.6) is 0 Å². The lowest BCUT2D eigenvalue weighted by Crippen LogP contribution is -2.23. The van der Waals surface area contributed by atoms with Crippen molar-refractivity contribution in [1.82, 2.24) is 20.1 Å². The topological polar surface area (TPSA) is 67.9 Å². The zero-order valence-corrected chi connectivity index (χ0v) is 12.3. The van der Waals surface area contributed by atoms with Gasteiger partial charge in [0.05, 0.1) is 6.54 Å². The average Bonchev–Trinajstić information content (AvgIpc) is 2.94. The number of anilines is 1. The van der Waals surface area contributed by atoms with Crippen LogP contribution >= 0.6 is 22.7 Å². The molecule has 5 nitrogen and oxygen atoms in total. The molecule has 3 heterocycles. The van der Waals surface area contributed by atoms with Gasteiger partial charge >= 0.3 is 0 Å². The van der Waals surface area contributed by atoms with Gasteiger partial charge in [0.25, 0.3) is 0 Å². The average molecular weight is 295 g/mol. The summed E-state index contributed by atoms with van der Waals surface area (Å²) in [6.45, 7) is 3.35. The van der Waals surface area contributed by atoms with Crippen molar-refractivity contribution in [3.63, 3.8) is 0 Å². The van der Waals surface area contributed by atoms with E-state index in [1.165, 1.54) is 50.1 Å². The fraction of sp³-hybridized carbons (Fsp3) is 0.583. The van der Waals surface area contributed by atoms with Crippen LogP contribution < -0.4 is 5.73 Å². The second-order valence-electron chi connectivity index (χ2n) is 4.76. The third-order valence-corrected chi connectivity index (χ3v) is 4.88. The lowest BCUT2D eigenvalue weighted by molar-refractivity contribution is 0.276. The minimum atomic E-state index is 0.497. The molecule has 0 aromatic carbocycles. The molecule has 1 fully saturated rings. The first-order valence-electron chi connectivity index (χ1n) is 6.57. The monoisotopic (exact) mass is 295 g/mol. The summed E-state index contributed by atoms with van der Waals surface area (Å²) in [4.78, 5) is 7.15.